The lowest BCUT2D eigenvalue weighted by Gasteiger charge is -2.31. The number of aromatic nitrogens is 3. The molecule has 2 aromatic heterocycles. The summed E-state index contributed by atoms with van der Waals surface area (Å²) < 4.78 is 3.14. The molecule has 0 bridgehead atoms. The van der Waals surface area contributed by atoms with Crippen molar-refractivity contribution in [1.82, 2.24) is 19.7 Å². The zero-order chi connectivity index (χ0) is 15.6. The van der Waals surface area contributed by atoms with Crippen molar-refractivity contribution in [3.05, 3.63) is 46.0 Å². The SMILES string of the molecule is Cc1nn(CN(C)[C@H](c2cccnc2)C(C)C)c(C)c1Br. The fraction of sp³-hybridized carbons (Fsp3) is 0.500. The Kier molecular flexibility index (Phi) is 5.17. The van der Waals surface area contributed by atoms with E-state index in [1.54, 1.807) is 0 Å². The quantitative estimate of drug-likeness (QED) is 0.818. The van der Waals surface area contributed by atoms with Gasteiger partial charge < -0.3 is 0 Å². The summed E-state index contributed by atoms with van der Waals surface area (Å²) in [5.41, 5.74) is 3.44. The van der Waals surface area contributed by atoms with Gasteiger partial charge in [-0.05, 0) is 54.4 Å². The molecule has 0 aliphatic carbocycles. The number of aryl methyl sites for hydroxylation is 1. The van der Waals surface area contributed by atoms with E-state index in [-0.39, 0.29) is 0 Å². The Balaban J connectivity index is 2.23. The van der Waals surface area contributed by atoms with Crippen LogP contribution in [0, 0.1) is 19.8 Å². The second kappa shape index (κ2) is 6.71. The van der Waals surface area contributed by atoms with Gasteiger partial charge in [-0.2, -0.15) is 5.10 Å². The van der Waals surface area contributed by atoms with Crippen molar-refractivity contribution in [2.45, 2.75) is 40.4 Å². The van der Waals surface area contributed by atoms with Crippen LogP contribution in [0.25, 0.3) is 0 Å². The van der Waals surface area contributed by atoms with Crippen LogP contribution in [0.3, 0.4) is 0 Å². The molecule has 0 N–H and O–H groups in total. The zero-order valence-corrected chi connectivity index (χ0v) is 14.9. The average Bonchev–Trinajstić information content (AvgIpc) is 2.67. The molecule has 4 nitrogen and oxygen atoms in total. The summed E-state index contributed by atoms with van der Waals surface area (Å²) in [5.74, 6) is 0.500. The van der Waals surface area contributed by atoms with Crippen LogP contribution in [0.1, 0.15) is 36.8 Å². The first-order valence-electron chi connectivity index (χ1n) is 7.21. The average molecular weight is 351 g/mol. The van der Waals surface area contributed by atoms with Crippen LogP contribution in [-0.2, 0) is 6.67 Å². The summed E-state index contributed by atoms with van der Waals surface area (Å²) in [4.78, 5) is 6.58. The van der Waals surface area contributed by atoms with Gasteiger partial charge in [-0.25, -0.2) is 0 Å². The highest BCUT2D eigenvalue weighted by Gasteiger charge is 2.22. The fourth-order valence-corrected chi connectivity index (χ4v) is 3.10. The van der Waals surface area contributed by atoms with Crippen molar-refractivity contribution >= 4 is 15.9 Å². The number of pyridine rings is 1. The van der Waals surface area contributed by atoms with Crippen LogP contribution in [0.5, 0.6) is 0 Å². The van der Waals surface area contributed by atoms with E-state index in [1.807, 2.05) is 30.1 Å². The molecule has 0 aliphatic heterocycles. The van der Waals surface area contributed by atoms with Crippen molar-refractivity contribution in [2.75, 3.05) is 7.05 Å². The van der Waals surface area contributed by atoms with Crippen LogP contribution in [0.4, 0.5) is 0 Å². The van der Waals surface area contributed by atoms with Crippen LogP contribution < -0.4 is 0 Å². The molecule has 0 saturated carbocycles. The minimum absolute atomic E-state index is 0.321. The number of rotatable bonds is 5. The van der Waals surface area contributed by atoms with Crippen molar-refractivity contribution < 1.29 is 0 Å². The van der Waals surface area contributed by atoms with Gasteiger partial charge in [0.25, 0.3) is 0 Å². The highest BCUT2D eigenvalue weighted by Crippen LogP contribution is 2.28. The Morgan fingerprint density at radius 1 is 1.33 bits per heavy atom. The largest absolute Gasteiger partial charge is 0.280 e. The molecule has 2 aromatic rings. The zero-order valence-electron chi connectivity index (χ0n) is 13.3. The molecule has 0 aromatic carbocycles. The molecule has 0 aliphatic rings. The Hall–Kier alpha value is -1.20. The summed E-state index contributed by atoms with van der Waals surface area (Å²) in [7, 11) is 2.14. The number of hydrogen-bond donors (Lipinski definition) is 0. The van der Waals surface area contributed by atoms with Gasteiger partial charge in [0.15, 0.2) is 0 Å². The van der Waals surface area contributed by atoms with Crippen LogP contribution in [0.2, 0.25) is 0 Å². The molecule has 2 heterocycles. The smallest absolute Gasteiger partial charge is 0.0935 e. The normalized spacial score (nSPS) is 13.1. The maximum atomic E-state index is 4.60. The molecule has 1 atom stereocenters. The predicted molar refractivity (Wildman–Crippen MR) is 89.0 cm³/mol. The lowest BCUT2D eigenvalue weighted by molar-refractivity contribution is 0.143. The van der Waals surface area contributed by atoms with Gasteiger partial charge in [0.2, 0.25) is 0 Å². The van der Waals surface area contributed by atoms with E-state index in [1.165, 1.54) is 5.56 Å². The number of hydrogen-bond acceptors (Lipinski definition) is 3. The van der Waals surface area contributed by atoms with Crippen LogP contribution >= 0.6 is 15.9 Å². The topological polar surface area (TPSA) is 34.0 Å². The molecule has 0 fully saturated rings. The molecule has 0 unspecified atom stereocenters. The third-order valence-electron chi connectivity index (χ3n) is 3.78. The summed E-state index contributed by atoms with van der Waals surface area (Å²) >= 11 is 3.59. The van der Waals surface area contributed by atoms with Crippen molar-refractivity contribution in [3.63, 3.8) is 0 Å². The monoisotopic (exact) mass is 350 g/mol. The second-order valence-corrected chi connectivity index (χ2v) is 6.65. The lowest BCUT2D eigenvalue weighted by atomic mass is 9.96. The molecule has 0 radical (unpaired) electrons. The van der Waals surface area contributed by atoms with Crippen LogP contribution in [-0.4, -0.2) is 26.7 Å². The van der Waals surface area contributed by atoms with Gasteiger partial charge in [-0.3, -0.25) is 14.6 Å². The van der Waals surface area contributed by atoms with Crippen molar-refractivity contribution in [3.8, 4) is 0 Å². The minimum Gasteiger partial charge on any atom is -0.280 e. The molecule has 0 amide bonds. The summed E-state index contributed by atoms with van der Waals surface area (Å²) in [5, 5.41) is 4.60. The lowest BCUT2D eigenvalue weighted by Crippen LogP contribution is -2.31. The molecule has 21 heavy (non-hydrogen) atoms. The highest BCUT2D eigenvalue weighted by molar-refractivity contribution is 9.10. The number of nitrogens with zero attached hydrogens (tertiary/aromatic N) is 4. The molecular weight excluding hydrogens is 328 g/mol. The van der Waals surface area contributed by atoms with E-state index >= 15 is 0 Å². The van der Waals surface area contributed by atoms with E-state index in [4.69, 9.17) is 0 Å². The summed E-state index contributed by atoms with van der Waals surface area (Å²) in [6.45, 7) is 9.35. The summed E-state index contributed by atoms with van der Waals surface area (Å²) in [6.07, 6.45) is 3.78. The van der Waals surface area contributed by atoms with E-state index in [9.17, 15) is 0 Å². The Labute approximate surface area is 135 Å². The standard InChI is InChI=1S/C16H23BrN4/c1-11(2)16(14-7-6-8-18-9-14)20(5)10-21-13(4)15(17)12(3)19-21/h6-9,11,16H,10H2,1-5H3/t16-/m0/s1. The highest BCUT2D eigenvalue weighted by atomic mass is 79.9. The molecular formula is C16H23BrN4. The second-order valence-electron chi connectivity index (χ2n) is 5.86. The Morgan fingerprint density at radius 3 is 2.52 bits per heavy atom. The number of halogens is 1. The maximum Gasteiger partial charge on any atom is 0.0935 e. The third-order valence-corrected chi connectivity index (χ3v) is 4.93. The third kappa shape index (κ3) is 3.52. The van der Waals surface area contributed by atoms with E-state index in [0.29, 0.717) is 12.0 Å². The van der Waals surface area contributed by atoms with Crippen LogP contribution in [0.15, 0.2) is 29.0 Å². The van der Waals surface area contributed by atoms with E-state index < -0.39 is 0 Å². The molecule has 5 heteroatoms. The van der Waals surface area contributed by atoms with E-state index in [2.05, 4.69) is 64.8 Å². The van der Waals surface area contributed by atoms with Gasteiger partial charge >= 0.3 is 0 Å². The van der Waals surface area contributed by atoms with Crippen molar-refractivity contribution in [1.29, 1.82) is 0 Å². The minimum atomic E-state index is 0.321. The van der Waals surface area contributed by atoms with Gasteiger partial charge in [-0.1, -0.05) is 19.9 Å². The van der Waals surface area contributed by atoms with E-state index in [0.717, 1.165) is 22.5 Å². The van der Waals surface area contributed by atoms with Gasteiger partial charge in [0.1, 0.15) is 0 Å². The first-order chi connectivity index (χ1) is 9.91. The molecule has 114 valence electrons. The van der Waals surface area contributed by atoms with Gasteiger partial charge in [0, 0.05) is 18.4 Å². The predicted octanol–water partition coefficient (Wildman–Crippen LogP) is 3.94. The summed E-state index contributed by atoms with van der Waals surface area (Å²) in [6, 6.07) is 4.46. The molecule has 2 rings (SSSR count). The maximum absolute atomic E-state index is 4.60. The Morgan fingerprint density at radius 2 is 2.05 bits per heavy atom. The fourth-order valence-electron chi connectivity index (χ4n) is 2.81. The first-order valence-corrected chi connectivity index (χ1v) is 8.00. The van der Waals surface area contributed by atoms with Gasteiger partial charge in [-0.15, -0.1) is 0 Å². The molecule has 0 saturated heterocycles. The van der Waals surface area contributed by atoms with Gasteiger partial charge in [0.05, 0.1) is 22.5 Å². The first kappa shape index (κ1) is 16.2. The Bertz CT molecular complexity index is 592. The van der Waals surface area contributed by atoms with Crippen molar-refractivity contribution in [2.24, 2.45) is 5.92 Å². The molecule has 0 spiro atoms.